The molecule has 0 bridgehead atoms. The summed E-state index contributed by atoms with van der Waals surface area (Å²) in [5.74, 6) is -3.57. The standard InChI is InChI=1S/C19H25N5O6/c20-12(9-25)17(27)23-14(5-6-16(21)26)18(28)24-15(19(29)30)7-10-8-22-13-4-2-1-3-11(10)13/h1-4,8,12,14-15,22,25H,5-7,9,20H2,(H2,21,26)(H,23,27)(H,24,28)(H,29,30). The van der Waals surface area contributed by atoms with Crippen LogP contribution in [0.5, 0.6) is 0 Å². The van der Waals surface area contributed by atoms with Crippen LogP contribution in [-0.4, -0.2) is 63.6 Å². The lowest BCUT2D eigenvalue weighted by Crippen LogP contribution is -2.55. The molecule has 0 radical (unpaired) electrons. The molecule has 3 unspecified atom stereocenters. The molecule has 3 atom stereocenters. The van der Waals surface area contributed by atoms with E-state index in [-0.39, 0.29) is 19.3 Å². The zero-order valence-corrected chi connectivity index (χ0v) is 16.1. The lowest BCUT2D eigenvalue weighted by molar-refractivity contribution is -0.142. The van der Waals surface area contributed by atoms with Crippen molar-refractivity contribution in [3.8, 4) is 0 Å². The van der Waals surface area contributed by atoms with E-state index in [1.807, 2.05) is 24.3 Å². The molecule has 0 spiro atoms. The van der Waals surface area contributed by atoms with E-state index < -0.39 is 48.4 Å². The number of benzene rings is 1. The Balaban J connectivity index is 2.14. The summed E-state index contributed by atoms with van der Waals surface area (Å²) in [7, 11) is 0. The molecule has 2 aromatic rings. The number of aliphatic hydroxyl groups is 1. The lowest BCUT2D eigenvalue weighted by atomic mass is 10.0. The molecule has 1 aromatic carbocycles. The van der Waals surface area contributed by atoms with Crippen LogP contribution in [0.2, 0.25) is 0 Å². The number of aliphatic hydroxyl groups excluding tert-OH is 1. The Bertz CT molecular complexity index is 927. The van der Waals surface area contributed by atoms with Crippen LogP contribution in [0.25, 0.3) is 10.9 Å². The Morgan fingerprint density at radius 3 is 2.37 bits per heavy atom. The Kier molecular flexibility index (Phi) is 7.90. The normalized spacial score (nSPS) is 13.9. The largest absolute Gasteiger partial charge is 0.480 e. The topological polar surface area (TPSA) is 201 Å². The zero-order chi connectivity index (χ0) is 22.3. The minimum atomic E-state index is -1.28. The number of carboxylic acid groups (broad SMARTS) is 1. The Hall–Kier alpha value is -3.44. The Morgan fingerprint density at radius 2 is 1.73 bits per heavy atom. The maximum atomic E-state index is 12.7. The number of rotatable bonds is 11. The van der Waals surface area contributed by atoms with Crippen molar-refractivity contribution in [2.24, 2.45) is 11.5 Å². The van der Waals surface area contributed by atoms with Gasteiger partial charge in [-0.05, 0) is 18.1 Å². The molecule has 2 rings (SSSR count). The summed E-state index contributed by atoms with van der Waals surface area (Å²) in [4.78, 5) is 50.4. The molecular formula is C19H25N5O6. The molecule has 1 heterocycles. The van der Waals surface area contributed by atoms with Gasteiger partial charge in [0.15, 0.2) is 0 Å². The van der Waals surface area contributed by atoms with E-state index in [0.29, 0.717) is 5.56 Å². The second-order valence-electron chi connectivity index (χ2n) is 6.82. The first kappa shape index (κ1) is 22.8. The molecule has 0 saturated heterocycles. The molecule has 3 amide bonds. The van der Waals surface area contributed by atoms with Crippen molar-refractivity contribution in [1.82, 2.24) is 15.6 Å². The number of primary amides is 1. The number of amides is 3. The highest BCUT2D eigenvalue weighted by Crippen LogP contribution is 2.19. The van der Waals surface area contributed by atoms with Gasteiger partial charge in [-0.25, -0.2) is 4.79 Å². The monoisotopic (exact) mass is 419 g/mol. The third kappa shape index (κ3) is 6.03. The second-order valence-corrected chi connectivity index (χ2v) is 6.82. The number of hydrogen-bond acceptors (Lipinski definition) is 6. The van der Waals surface area contributed by atoms with Crippen molar-refractivity contribution in [3.63, 3.8) is 0 Å². The van der Waals surface area contributed by atoms with Crippen LogP contribution in [-0.2, 0) is 25.6 Å². The van der Waals surface area contributed by atoms with Crippen LogP contribution < -0.4 is 22.1 Å². The van der Waals surface area contributed by atoms with Crippen molar-refractivity contribution in [1.29, 1.82) is 0 Å². The van der Waals surface area contributed by atoms with Crippen molar-refractivity contribution in [2.75, 3.05) is 6.61 Å². The minimum absolute atomic E-state index is 0.00226. The van der Waals surface area contributed by atoms with Crippen molar-refractivity contribution < 1.29 is 29.4 Å². The highest BCUT2D eigenvalue weighted by atomic mass is 16.4. The van der Waals surface area contributed by atoms with E-state index in [4.69, 9.17) is 16.6 Å². The molecule has 9 N–H and O–H groups in total. The maximum absolute atomic E-state index is 12.7. The number of H-pyrrole nitrogens is 1. The molecule has 11 heteroatoms. The summed E-state index contributed by atoms with van der Waals surface area (Å²) in [5.41, 5.74) is 12.1. The minimum Gasteiger partial charge on any atom is -0.480 e. The van der Waals surface area contributed by atoms with Crippen LogP contribution >= 0.6 is 0 Å². The molecular weight excluding hydrogens is 394 g/mol. The fourth-order valence-electron chi connectivity index (χ4n) is 2.91. The first-order valence-electron chi connectivity index (χ1n) is 9.26. The van der Waals surface area contributed by atoms with E-state index in [0.717, 1.165) is 10.9 Å². The molecule has 162 valence electrons. The number of aromatic nitrogens is 1. The van der Waals surface area contributed by atoms with Crippen molar-refractivity contribution in [2.45, 2.75) is 37.4 Å². The number of aromatic amines is 1. The van der Waals surface area contributed by atoms with E-state index >= 15 is 0 Å². The summed E-state index contributed by atoms with van der Waals surface area (Å²) in [6, 6.07) is 3.52. The number of carbonyl (C=O) groups excluding carboxylic acids is 3. The number of hydrogen-bond donors (Lipinski definition) is 7. The summed E-state index contributed by atoms with van der Waals surface area (Å²) < 4.78 is 0. The molecule has 1 aromatic heterocycles. The van der Waals surface area contributed by atoms with Gasteiger partial charge in [0.2, 0.25) is 17.7 Å². The van der Waals surface area contributed by atoms with Gasteiger partial charge in [-0.15, -0.1) is 0 Å². The fraction of sp³-hybridized carbons (Fsp3) is 0.368. The smallest absolute Gasteiger partial charge is 0.326 e. The maximum Gasteiger partial charge on any atom is 0.326 e. The van der Waals surface area contributed by atoms with Crippen molar-refractivity contribution in [3.05, 3.63) is 36.0 Å². The van der Waals surface area contributed by atoms with Gasteiger partial charge in [-0.3, -0.25) is 14.4 Å². The first-order chi connectivity index (χ1) is 14.2. The summed E-state index contributed by atoms with van der Waals surface area (Å²) in [5, 5.41) is 24.1. The SMILES string of the molecule is NC(=O)CCC(NC(=O)C(N)CO)C(=O)NC(Cc1c[nH]c2ccccc12)C(=O)O. The van der Waals surface area contributed by atoms with Gasteiger partial charge in [0, 0.05) is 29.9 Å². The van der Waals surface area contributed by atoms with E-state index in [1.54, 1.807) is 6.20 Å². The quantitative estimate of drug-likeness (QED) is 0.226. The lowest BCUT2D eigenvalue weighted by Gasteiger charge is -2.22. The summed E-state index contributed by atoms with van der Waals surface area (Å²) in [6.07, 6.45) is 1.30. The number of carboxylic acids is 1. The van der Waals surface area contributed by atoms with Crippen LogP contribution in [0, 0.1) is 0 Å². The number of carbonyl (C=O) groups is 4. The number of aliphatic carboxylic acids is 1. The van der Waals surface area contributed by atoms with Crippen LogP contribution in [0.3, 0.4) is 0 Å². The van der Waals surface area contributed by atoms with Crippen molar-refractivity contribution >= 4 is 34.6 Å². The number of nitrogens with one attached hydrogen (secondary N) is 3. The highest BCUT2D eigenvalue weighted by molar-refractivity contribution is 5.92. The summed E-state index contributed by atoms with van der Waals surface area (Å²) in [6.45, 7) is -0.645. The zero-order valence-electron chi connectivity index (χ0n) is 16.1. The second kappa shape index (κ2) is 10.4. The fourth-order valence-corrected chi connectivity index (χ4v) is 2.91. The molecule has 0 saturated carbocycles. The highest BCUT2D eigenvalue weighted by Gasteiger charge is 2.28. The molecule has 0 aliphatic heterocycles. The van der Waals surface area contributed by atoms with Gasteiger partial charge < -0.3 is 37.3 Å². The van der Waals surface area contributed by atoms with E-state index in [1.165, 1.54) is 0 Å². The van der Waals surface area contributed by atoms with Gasteiger partial charge in [0.25, 0.3) is 0 Å². The van der Waals surface area contributed by atoms with E-state index in [2.05, 4.69) is 15.6 Å². The molecule has 30 heavy (non-hydrogen) atoms. The van der Waals surface area contributed by atoms with Crippen LogP contribution in [0.15, 0.2) is 30.5 Å². The predicted molar refractivity (Wildman–Crippen MR) is 107 cm³/mol. The van der Waals surface area contributed by atoms with Gasteiger partial charge in [0.1, 0.15) is 18.1 Å². The van der Waals surface area contributed by atoms with Gasteiger partial charge >= 0.3 is 5.97 Å². The van der Waals surface area contributed by atoms with Gasteiger partial charge in [-0.1, -0.05) is 18.2 Å². The molecule has 0 fully saturated rings. The molecule has 0 aliphatic carbocycles. The number of fused-ring (bicyclic) bond motifs is 1. The third-order valence-electron chi connectivity index (χ3n) is 4.56. The average Bonchev–Trinajstić information content (AvgIpc) is 3.12. The first-order valence-corrected chi connectivity index (χ1v) is 9.26. The van der Waals surface area contributed by atoms with Crippen LogP contribution in [0.4, 0.5) is 0 Å². The number of para-hydroxylation sites is 1. The van der Waals surface area contributed by atoms with E-state index in [9.17, 15) is 24.3 Å². The molecule has 11 nitrogen and oxygen atoms in total. The third-order valence-corrected chi connectivity index (χ3v) is 4.56. The Labute approximate surface area is 171 Å². The molecule has 0 aliphatic rings. The summed E-state index contributed by atoms with van der Waals surface area (Å²) >= 11 is 0. The average molecular weight is 419 g/mol. The van der Waals surface area contributed by atoms with Gasteiger partial charge in [0.05, 0.1) is 6.61 Å². The predicted octanol–water partition coefficient (Wildman–Crippen LogP) is -1.65. The number of nitrogens with two attached hydrogens (primary N) is 2. The van der Waals surface area contributed by atoms with Crippen LogP contribution in [0.1, 0.15) is 18.4 Å². The van der Waals surface area contributed by atoms with Gasteiger partial charge in [-0.2, -0.15) is 0 Å². The Morgan fingerprint density at radius 1 is 1.07 bits per heavy atom.